The van der Waals surface area contributed by atoms with Crippen molar-refractivity contribution in [3.8, 4) is 10.9 Å². The van der Waals surface area contributed by atoms with Crippen LogP contribution < -0.4 is 10.5 Å². The number of thiazole rings is 1. The van der Waals surface area contributed by atoms with Gasteiger partial charge in [-0.3, -0.25) is 4.90 Å². The van der Waals surface area contributed by atoms with Crippen molar-refractivity contribution >= 4 is 27.7 Å². The van der Waals surface area contributed by atoms with Gasteiger partial charge in [0.15, 0.2) is 5.65 Å². The van der Waals surface area contributed by atoms with Gasteiger partial charge in [0, 0.05) is 38.4 Å². The average molecular weight is 412 g/mol. The number of benzene rings is 1. The lowest BCUT2D eigenvalue weighted by molar-refractivity contribution is 0.0913. The second-order valence-electron chi connectivity index (χ2n) is 7.18. The largest absolute Gasteiger partial charge is 0.431 e. The molecule has 1 saturated heterocycles. The van der Waals surface area contributed by atoms with Gasteiger partial charge >= 0.3 is 6.03 Å². The first-order valence-corrected chi connectivity index (χ1v) is 10.7. The molecule has 1 aliphatic rings. The molecule has 0 radical (unpaired) electrons. The number of hydrogen-bond acceptors (Lipinski definition) is 6. The number of ether oxygens (including phenoxy) is 1. The van der Waals surface area contributed by atoms with Crippen LogP contribution in [-0.2, 0) is 6.42 Å². The highest BCUT2D eigenvalue weighted by Gasteiger charge is 2.26. The Hall–Kier alpha value is -2.71. The minimum atomic E-state index is -0.317. The minimum absolute atomic E-state index is 0.317. The fourth-order valence-corrected chi connectivity index (χ4v) is 4.46. The second kappa shape index (κ2) is 8.75. The monoisotopic (exact) mass is 411 g/mol. The summed E-state index contributed by atoms with van der Waals surface area (Å²) in [5, 5.41) is 0.601. The summed E-state index contributed by atoms with van der Waals surface area (Å²) in [4.78, 5) is 24.3. The molecule has 4 rings (SSSR count). The normalized spacial score (nSPS) is 17.6. The molecular weight excluding hydrogens is 386 g/mol. The maximum Gasteiger partial charge on any atom is 0.314 e. The molecule has 3 aromatic rings. The molecule has 29 heavy (non-hydrogen) atoms. The van der Waals surface area contributed by atoms with Crippen molar-refractivity contribution in [2.45, 2.75) is 25.8 Å². The highest BCUT2D eigenvalue weighted by atomic mass is 32.1. The molecule has 152 valence electrons. The van der Waals surface area contributed by atoms with E-state index in [2.05, 4.69) is 33.9 Å². The Morgan fingerprint density at radius 3 is 2.83 bits per heavy atom. The lowest BCUT2D eigenvalue weighted by atomic mass is 10.1. The van der Waals surface area contributed by atoms with Crippen molar-refractivity contribution in [1.82, 2.24) is 19.8 Å². The third-order valence-electron chi connectivity index (χ3n) is 5.35. The summed E-state index contributed by atoms with van der Waals surface area (Å²) in [5.41, 5.74) is 7.41. The molecule has 0 saturated carbocycles. The van der Waals surface area contributed by atoms with Gasteiger partial charge in [0.25, 0.3) is 5.19 Å². The van der Waals surface area contributed by atoms with Gasteiger partial charge in [-0.1, -0.05) is 30.4 Å². The van der Waals surface area contributed by atoms with E-state index in [-0.39, 0.29) is 6.03 Å². The fourth-order valence-electron chi connectivity index (χ4n) is 3.67. The van der Waals surface area contributed by atoms with Gasteiger partial charge in [-0.05, 0) is 42.7 Å². The van der Waals surface area contributed by atoms with Gasteiger partial charge in [-0.15, -0.1) is 0 Å². The van der Waals surface area contributed by atoms with E-state index in [1.165, 1.54) is 16.9 Å². The maximum absolute atomic E-state index is 11.4. The summed E-state index contributed by atoms with van der Waals surface area (Å²) in [6.07, 6.45) is 3.70. The number of rotatable bonds is 6. The van der Waals surface area contributed by atoms with Crippen LogP contribution in [0.4, 0.5) is 4.79 Å². The first-order valence-electron chi connectivity index (χ1n) is 9.89. The number of urea groups is 1. The van der Waals surface area contributed by atoms with E-state index >= 15 is 0 Å². The quantitative estimate of drug-likeness (QED) is 0.671. The Bertz CT molecular complexity index is 942. The van der Waals surface area contributed by atoms with Crippen LogP contribution in [0, 0.1) is 0 Å². The van der Waals surface area contributed by atoms with Crippen LogP contribution in [0.2, 0.25) is 0 Å². The third-order valence-corrected chi connectivity index (χ3v) is 6.24. The number of amides is 2. The first kappa shape index (κ1) is 19.6. The number of nitrogens with zero attached hydrogens (tertiary/aromatic N) is 4. The molecule has 0 unspecified atom stereocenters. The molecular formula is C21H25N5O2S. The Morgan fingerprint density at radius 1 is 1.28 bits per heavy atom. The van der Waals surface area contributed by atoms with E-state index < -0.39 is 0 Å². The van der Waals surface area contributed by atoms with Crippen molar-refractivity contribution in [2.75, 3.05) is 26.2 Å². The average Bonchev–Trinajstić information content (AvgIpc) is 3.15. The Labute approximate surface area is 174 Å². The van der Waals surface area contributed by atoms with Gasteiger partial charge in [0.2, 0.25) is 0 Å². The number of primary amides is 1. The molecule has 1 aliphatic heterocycles. The van der Waals surface area contributed by atoms with Crippen LogP contribution in [0.3, 0.4) is 0 Å². The SMILES string of the molecule is CC[C@H]1CN(C(N)=O)CCN1CCc1ccc(Oc2nc3ncccc3s2)cc1. The molecule has 0 aliphatic carbocycles. The van der Waals surface area contributed by atoms with E-state index in [0.717, 1.165) is 42.9 Å². The summed E-state index contributed by atoms with van der Waals surface area (Å²) in [7, 11) is 0. The molecule has 0 spiro atoms. The molecule has 2 N–H and O–H groups in total. The lowest BCUT2D eigenvalue weighted by Gasteiger charge is -2.40. The van der Waals surface area contributed by atoms with Gasteiger partial charge in [0.05, 0.1) is 4.70 Å². The minimum Gasteiger partial charge on any atom is -0.431 e. The predicted octanol–water partition coefficient (Wildman–Crippen LogP) is 3.50. The standard InChI is InChI=1S/C21H25N5O2S/c1-2-16-14-26(20(22)27)13-12-25(16)11-9-15-5-7-17(8-6-15)28-21-24-19-18(29-21)4-3-10-23-19/h3-8,10,16H,2,9,11-14H2,1H3,(H2,22,27)/t16-/m0/s1. The molecule has 8 heteroatoms. The van der Waals surface area contributed by atoms with Crippen LogP contribution in [0.1, 0.15) is 18.9 Å². The number of carbonyl (C=O) groups excluding carboxylic acids is 1. The number of aromatic nitrogens is 2. The van der Waals surface area contributed by atoms with Gasteiger partial charge in [-0.25, -0.2) is 9.78 Å². The molecule has 3 heterocycles. The zero-order valence-electron chi connectivity index (χ0n) is 16.5. The number of nitrogens with two attached hydrogens (primary N) is 1. The van der Waals surface area contributed by atoms with Crippen LogP contribution in [0.15, 0.2) is 42.6 Å². The van der Waals surface area contributed by atoms with Crippen LogP contribution >= 0.6 is 11.3 Å². The van der Waals surface area contributed by atoms with E-state index in [9.17, 15) is 4.79 Å². The Morgan fingerprint density at radius 2 is 2.10 bits per heavy atom. The van der Waals surface area contributed by atoms with E-state index in [4.69, 9.17) is 10.5 Å². The van der Waals surface area contributed by atoms with Crippen molar-refractivity contribution in [3.63, 3.8) is 0 Å². The van der Waals surface area contributed by atoms with E-state index in [1.807, 2.05) is 24.3 Å². The second-order valence-corrected chi connectivity index (χ2v) is 8.18. The number of hydrogen-bond donors (Lipinski definition) is 1. The zero-order chi connectivity index (χ0) is 20.2. The topological polar surface area (TPSA) is 84.6 Å². The Kier molecular flexibility index (Phi) is 5.92. The van der Waals surface area contributed by atoms with Crippen molar-refractivity contribution in [3.05, 3.63) is 48.2 Å². The molecule has 1 atom stereocenters. The van der Waals surface area contributed by atoms with Gasteiger partial charge < -0.3 is 15.4 Å². The summed E-state index contributed by atoms with van der Waals surface area (Å²) in [5.74, 6) is 0.773. The number of carbonyl (C=O) groups is 1. The molecule has 2 amide bonds. The van der Waals surface area contributed by atoms with Crippen molar-refractivity contribution < 1.29 is 9.53 Å². The summed E-state index contributed by atoms with van der Waals surface area (Å²) in [6.45, 7) is 5.42. The zero-order valence-corrected chi connectivity index (χ0v) is 17.3. The number of pyridine rings is 1. The number of fused-ring (bicyclic) bond motifs is 1. The highest BCUT2D eigenvalue weighted by Crippen LogP contribution is 2.30. The maximum atomic E-state index is 11.4. The molecule has 1 aromatic carbocycles. The van der Waals surface area contributed by atoms with Crippen LogP contribution in [0.5, 0.6) is 10.9 Å². The van der Waals surface area contributed by atoms with Crippen LogP contribution in [0.25, 0.3) is 10.3 Å². The van der Waals surface area contributed by atoms with E-state index in [1.54, 1.807) is 11.1 Å². The lowest BCUT2D eigenvalue weighted by Crippen LogP contribution is -2.56. The van der Waals surface area contributed by atoms with Gasteiger partial charge in [-0.2, -0.15) is 4.98 Å². The fraction of sp³-hybridized carbons (Fsp3) is 0.381. The van der Waals surface area contributed by atoms with Crippen LogP contribution in [-0.4, -0.2) is 58.0 Å². The molecule has 7 nitrogen and oxygen atoms in total. The van der Waals surface area contributed by atoms with Gasteiger partial charge in [0.1, 0.15) is 5.75 Å². The van der Waals surface area contributed by atoms with Crippen molar-refractivity contribution in [2.24, 2.45) is 5.73 Å². The predicted molar refractivity (Wildman–Crippen MR) is 114 cm³/mol. The summed E-state index contributed by atoms with van der Waals surface area (Å²) in [6, 6.07) is 12.1. The molecule has 0 bridgehead atoms. The summed E-state index contributed by atoms with van der Waals surface area (Å²) < 4.78 is 6.90. The smallest absolute Gasteiger partial charge is 0.314 e. The first-order chi connectivity index (χ1) is 14.1. The number of piperazine rings is 1. The van der Waals surface area contributed by atoms with Crippen molar-refractivity contribution in [1.29, 1.82) is 0 Å². The third kappa shape index (κ3) is 4.65. The summed E-state index contributed by atoms with van der Waals surface area (Å²) >= 11 is 1.49. The highest BCUT2D eigenvalue weighted by molar-refractivity contribution is 7.20. The molecule has 2 aromatic heterocycles. The molecule has 1 fully saturated rings. The van der Waals surface area contributed by atoms with E-state index in [0.29, 0.717) is 23.4 Å². The Balaban J connectivity index is 1.33.